The molecule has 0 bridgehead atoms. The summed E-state index contributed by atoms with van der Waals surface area (Å²) in [6.45, 7) is 3.75. The normalized spacial score (nSPS) is 10.5. The molecule has 0 spiro atoms. The van der Waals surface area contributed by atoms with E-state index in [0.717, 1.165) is 11.4 Å². The van der Waals surface area contributed by atoms with Crippen molar-refractivity contribution in [2.45, 2.75) is 13.8 Å². The largest absolute Gasteiger partial charge is 0.465 e. The lowest BCUT2D eigenvalue weighted by Crippen LogP contribution is -2.11. The summed E-state index contributed by atoms with van der Waals surface area (Å²) in [6.07, 6.45) is 0. The van der Waals surface area contributed by atoms with E-state index in [-0.39, 0.29) is 0 Å². The summed E-state index contributed by atoms with van der Waals surface area (Å²) in [5.41, 5.74) is 8.59. The van der Waals surface area contributed by atoms with Crippen LogP contribution in [0.4, 0.5) is 5.69 Å². The van der Waals surface area contributed by atoms with Gasteiger partial charge in [-0.25, -0.2) is 9.48 Å². The van der Waals surface area contributed by atoms with Crippen molar-refractivity contribution in [3.8, 4) is 5.69 Å². The molecule has 1 heterocycles. The number of nitrogens with zero attached hydrogens (tertiary/aromatic N) is 2. The highest BCUT2D eigenvalue weighted by molar-refractivity contribution is 6.33. The fourth-order valence-electron chi connectivity index (χ4n) is 1.96. The number of hydrogen-bond acceptors (Lipinski definition) is 4. The Labute approximate surface area is 115 Å². The summed E-state index contributed by atoms with van der Waals surface area (Å²) in [7, 11) is 1.31. The Bertz CT molecular complexity index is 650. The second-order valence-corrected chi connectivity index (χ2v) is 4.64. The standard InChI is InChI=1S/C13H14ClN3O2/c1-7-4-8(2)17(16-7)12-10(13(18)19-3)5-9(15)6-11(12)14/h4-6H,15H2,1-3H3. The molecule has 0 aliphatic heterocycles. The Morgan fingerprint density at radius 2 is 2.05 bits per heavy atom. The highest BCUT2D eigenvalue weighted by Crippen LogP contribution is 2.29. The van der Waals surface area contributed by atoms with Crippen LogP contribution in [0.3, 0.4) is 0 Å². The van der Waals surface area contributed by atoms with Crippen molar-refractivity contribution < 1.29 is 9.53 Å². The number of halogens is 1. The molecule has 1 aromatic carbocycles. The zero-order chi connectivity index (χ0) is 14.2. The molecule has 2 rings (SSSR count). The first-order chi connectivity index (χ1) is 8.93. The van der Waals surface area contributed by atoms with Gasteiger partial charge in [0.2, 0.25) is 0 Å². The minimum Gasteiger partial charge on any atom is -0.465 e. The molecule has 0 unspecified atom stereocenters. The molecular weight excluding hydrogens is 266 g/mol. The molecule has 1 aromatic heterocycles. The van der Waals surface area contributed by atoms with Crippen LogP contribution in [-0.2, 0) is 4.74 Å². The lowest BCUT2D eigenvalue weighted by atomic mass is 10.1. The molecule has 0 atom stereocenters. The van der Waals surface area contributed by atoms with Crippen molar-refractivity contribution in [1.29, 1.82) is 0 Å². The average molecular weight is 280 g/mol. The molecule has 19 heavy (non-hydrogen) atoms. The minimum atomic E-state index is -0.503. The number of rotatable bonds is 2. The van der Waals surface area contributed by atoms with Crippen molar-refractivity contribution in [3.63, 3.8) is 0 Å². The van der Waals surface area contributed by atoms with E-state index in [9.17, 15) is 4.79 Å². The van der Waals surface area contributed by atoms with Gasteiger partial charge in [-0.15, -0.1) is 0 Å². The number of methoxy groups -OCH3 is 1. The van der Waals surface area contributed by atoms with Crippen LogP contribution in [0.2, 0.25) is 5.02 Å². The number of nitrogens with two attached hydrogens (primary N) is 1. The highest BCUT2D eigenvalue weighted by Gasteiger charge is 2.19. The van der Waals surface area contributed by atoms with Gasteiger partial charge in [-0.2, -0.15) is 5.10 Å². The molecule has 2 N–H and O–H groups in total. The third-order valence-corrected chi connectivity index (χ3v) is 3.00. The summed E-state index contributed by atoms with van der Waals surface area (Å²) in [4.78, 5) is 11.9. The van der Waals surface area contributed by atoms with Gasteiger partial charge < -0.3 is 10.5 Å². The quantitative estimate of drug-likeness (QED) is 0.677. The van der Waals surface area contributed by atoms with Crippen LogP contribution >= 0.6 is 11.6 Å². The van der Waals surface area contributed by atoms with Gasteiger partial charge in [0.25, 0.3) is 0 Å². The van der Waals surface area contributed by atoms with E-state index < -0.39 is 5.97 Å². The molecule has 0 radical (unpaired) electrons. The summed E-state index contributed by atoms with van der Waals surface area (Å²) in [5, 5.41) is 4.69. The van der Waals surface area contributed by atoms with Crippen LogP contribution in [0.25, 0.3) is 5.69 Å². The van der Waals surface area contributed by atoms with Gasteiger partial charge in [-0.3, -0.25) is 0 Å². The summed E-state index contributed by atoms with van der Waals surface area (Å²) >= 11 is 6.20. The van der Waals surface area contributed by atoms with Gasteiger partial charge in [0.1, 0.15) is 0 Å². The van der Waals surface area contributed by atoms with E-state index in [0.29, 0.717) is 22.0 Å². The molecule has 0 saturated carbocycles. The smallest absolute Gasteiger partial charge is 0.340 e. The van der Waals surface area contributed by atoms with Gasteiger partial charge in [0, 0.05) is 11.4 Å². The third kappa shape index (κ3) is 2.42. The number of anilines is 1. The Morgan fingerprint density at radius 3 is 2.58 bits per heavy atom. The van der Waals surface area contributed by atoms with Crippen molar-refractivity contribution in [3.05, 3.63) is 40.2 Å². The first-order valence-corrected chi connectivity index (χ1v) is 6.02. The van der Waals surface area contributed by atoms with Crippen molar-refractivity contribution in [1.82, 2.24) is 9.78 Å². The van der Waals surface area contributed by atoms with Crippen molar-refractivity contribution in [2.24, 2.45) is 0 Å². The van der Waals surface area contributed by atoms with Gasteiger partial charge in [-0.05, 0) is 32.0 Å². The monoisotopic (exact) mass is 279 g/mol. The molecule has 2 aromatic rings. The Balaban J connectivity index is 2.74. The Hall–Kier alpha value is -2.01. The van der Waals surface area contributed by atoms with E-state index in [1.54, 1.807) is 10.7 Å². The lowest BCUT2D eigenvalue weighted by Gasteiger charge is -2.12. The number of benzene rings is 1. The molecule has 0 fully saturated rings. The van der Waals surface area contributed by atoms with Gasteiger partial charge in [0.05, 0.1) is 29.1 Å². The van der Waals surface area contributed by atoms with E-state index >= 15 is 0 Å². The predicted octanol–water partition coefficient (Wildman–Crippen LogP) is 2.51. The predicted molar refractivity (Wildman–Crippen MR) is 73.8 cm³/mol. The van der Waals surface area contributed by atoms with Gasteiger partial charge in [0.15, 0.2) is 0 Å². The molecule has 0 amide bonds. The van der Waals surface area contributed by atoms with Crippen molar-refractivity contribution >= 4 is 23.3 Å². The number of nitrogen functional groups attached to an aromatic ring is 1. The maximum atomic E-state index is 11.9. The topological polar surface area (TPSA) is 70.1 Å². The molecular formula is C13H14ClN3O2. The number of aryl methyl sites for hydroxylation is 2. The second kappa shape index (κ2) is 4.93. The van der Waals surface area contributed by atoms with E-state index in [2.05, 4.69) is 5.10 Å². The molecule has 0 aliphatic rings. The number of carbonyl (C=O) groups is 1. The van der Waals surface area contributed by atoms with Crippen molar-refractivity contribution in [2.75, 3.05) is 12.8 Å². The van der Waals surface area contributed by atoms with Gasteiger partial charge >= 0.3 is 5.97 Å². The van der Waals surface area contributed by atoms with Crippen LogP contribution in [0.1, 0.15) is 21.7 Å². The molecule has 100 valence electrons. The van der Waals surface area contributed by atoms with E-state index in [1.807, 2.05) is 19.9 Å². The van der Waals surface area contributed by atoms with Crippen LogP contribution in [-0.4, -0.2) is 22.9 Å². The molecule has 5 nitrogen and oxygen atoms in total. The summed E-state index contributed by atoms with van der Waals surface area (Å²) in [6, 6.07) is 5.01. The number of aromatic nitrogens is 2. The molecule has 0 aliphatic carbocycles. The highest BCUT2D eigenvalue weighted by atomic mass is 35.5. The number of hydrogen-bond donors (Lipinski definition) is 1. The van der Waals surface area contributed by atoms with Crippen LogP contribution in [0, 0.1) is 13.8 Å². The fourth-order valence-corrected chi connectivity index (χ4v) is 2.26. The minimum absolute atomic E-state index is 0.290. The van der Waals surface area contributed by atoms with E-state index in [1.165, 1.54) is 13.2 Å². The summed E-state index contributed by atoms with van der Waals surface area (Å²) in [5.74, 6) is -0.503. The second-order valence-electron chi connectivity index (χ2n) is 4.23. The number of ether oxygens (including phenoxy) is 1. The van der Waals surface area contributed by atoms with Crippen LogP contribution in [0.15, 0.2) is 18.2 Å². The Kier molecular flexibility index (Phi) is 3.48. The zero-order valence-electron chi connectivity index (χ0n) is 10.9. The van der Waals surface area contributed by atoms with Crippen LogP contribution < -0.4 is 5.73 Å². The first kappa shape index (κ1) is 13.4. The SMILES string of the molecule is COC(=O)c1cc(N)cc(Cl)c1-n1nc(C)cc1C. The Morgan fingerprint density at radius 1 is 1.37 bits per heavy atom. The number of esters is 1. The average Bonchev–Trinajstić information content (AvgIpc) is 2.66. The maximum Gasteiger partial charge on any atom is 0.340 e. The summed E-state index contributed by atoms with van der Waals surface area (Å²) < 4.78 is 6.38. The van der Waals surface area contributed by atoms with Crippen LogP contribution in [0.5, 0.6) is 0 Å². The zero-order valence-corrected chi connectivity index (χ0v) is 11.7. The fraction of sp³-hybridized carbons (Fsp3) is 0.231. The van der Waals surface area contributed by atoms with E-state index in [4.69, 9.17) is 22.1 Å². The number of carbonyl (C=O) groups excluding carboxylic acids is 1. The van der Waals surface area contributed by atoms with Gasteiger partial charge in [-0.1, -0.05) is 11.6 Å². The maximum absolute atomic E-state index is 11.9. The third-order valence-electron chi connectivity index (χ3n) is 2.71. The molecule has 0 saturated heterocycles. The lowest BCUT2D eigenvalue weighted by molar-refractivity contribution is 0.0600. The molecule has 6 heteroatoms. The first-order valence-electron chi connectivity index (χ1n) is 5.65.